The van der Waals surface area contributed by atoms with Crippen LogP contribution in [0.4, 0.5) is 5.69 Å². The molecule has 1 unspecified atom stereocenters. The summed E-state index contributed by atoms with van der Waals surface area (Å²) in [5.74, 6) is 0. The van der Waals surface area contributed by atoms with E-state index >= 15 is 0 Å². The average molecular weight is 219 g/mol. The van der Waals surface area contributed by atoms with Gasteiger partial charge in [-0.25, -0.2) is 0 Å². The number of hydrogen-bond donors (Lipinski definition) is 2. The van der Waals surface area contributed by atoms with E-state index in [-0.39, 0.29) is 0 Å². The molecule has 1 heterocycles. The Morgan fingerprint density at radius 2 is 2.07 bits per heavy atom. The lowest BCUT2D eigenvalue weighted by Crippen LogP contribution is -2.02. The highest BCUT2D eigenvalue weighted by Gasteiger charge is 2.13. The number of aliphatic hydroxyl groups is 1. The Morgan fingerprint density at radius 1 is 1.33 bits per heavy atom. The van der Waals surface area contributed by atoms with E-state index in [9.17, 15) is 5.11 Å². The quantitative estimate of drug-likeness (QED) is 0.763. The number of nitrogen functional groups attached to an aromatic ring is 1. The van der Waals surface area contributed by atoms with Crippen LogP contribution in [0.2, 0.25) is 0 Å². The fraction of sp³-hybridized carbons (Fsp3) is 0.167. The van der Waals surface area contributed by atoms with Gasteiger partial charge in [-0.05, 0) is 30.0 Å². The molecule has 3 N–H and O–H groups in total. The summed E-state index contributed by atoms with van der Waals surface area (Å²) < 4.78 is 0. The van der Waals surface area contributed by atoms with E-state index in [1.807, 2.05) is 36.6 Å². The highest BCUT2D eigenvalue weighted by molar-refractivity contribution is 7.10. The van der Waals surface area contributed by atoms with Crippen LogP contribution in [0, 0.1) is 6.92 Å². The molecule has 0 spiro atoms. The number of hydrogen-bond acceptors (Lipinski definition) is 3. The summed E-state index contributed by atoms with van der Waals surface area (Å²) in [7, 11) is 0. The summed E-state index contributed by atoms with van der Waals surface area (Å²) in [6.45, 7) is 2.02. The smallest absolute Gasteiger partial charge is 0.107 e. The first-order valence-corrected chi connectivity index (χ1v) is 5.64. The summed E-state index contributed by atoms with van der Waals surface area (Å²) in [5, 5.41) is 12.1. The lowest BCUT2D eigenvalue weighted by atomic mass is 10.0. The zero-order valence-corrected chi connectivity index (χ0v) is 9.29. The van der Waals surface area contributed by atoms with Crippen LogP contribution in [0.15, 0.2) is 35.7 Å². The van der Waals surface area contributed by atoms with Crippen molar-refractivity contribution in [3.05, 3.63) is 51.7 Å². The number of nitrogens with two attached hydrogens (primary N) is 1. The largest absolute Gasteiger partial charge is 0.398 e. The van der Waals surface area contributed by atoms with Crippen LogP contribution in [0.3, 0.4) is 0 Å². The second-order valence-corrected chi connectivity index (χ2v) is 4.64. The van der Waals surface area contributed by atoms with Gasteiger partial charge in [-0.2, -0.15) is 0 Å². The van der Waals surface area contributed by atoms with E-state index < -0.39 is 6.10 Å². The third-order valence-corrected chi connectivity index (χ3v) is 3.24. The van der Waals surface area contributed by atoms with Crippen molar-refractivity contribution in [1.29, 1.82) is 0 Å². The van der Waals surface area contributed by atoms with Crippen molar-refractivity contribution in [1.82, 2.24) is 0 Å². The van der Waals surface area contributed by atoms with Crippen LogP contribution < -0.4 is 5.73 Å². The van der Waals surface area contributed by atoms with Crippen LogP contribution in [-0.4, -0.2) is 5.11 Å². The van der Waals surface area contributed by atoms with Crippen molar-refractivity contribution >= 4 is 17.0 Å². The number of benzene rings is 1. The molecular weight excluding hydrogens is 206 g/mol. The first kappa shape index (κ1) is 10.2. The molecule has 2 nitrogen and oxygen atoms in total. The molecule has 0 aliphatic heterocycles. The standard InChI is InChI=1S/C12H13NOS/c1-8-6-9(7-15-8)12(14)10-4-2-3-5-11(10)13/h2-7,12,14H,13H2,1H3. The molecule has 1 aromatic heterocycles. The van der Waals surface area contributed by atoms with Crippen LogP contribution in [-0.2, 0) is 0 Å². The molecule has 2 rings (SSSR count). The summed E-state index contributed by atoms with van der Waals surface area (Å²) >= 11 is 1.63. The van der Waals surface area contributed by atoms with Gasteiger partial charge in [0.15, 0.2) is 0 Å². The molecule has 2 aromatic rings. The molecule has 0 bridgehead atoms. The third-order valence-electron chi connectivity index (χ3n) is 2.36. The Labute approximate surface area is 93.0 Å². The van der Waals surface area contributed by atoms with Crippen LogP contribution >= 0.6 is 11.3 Å². The first-order chi connectivity index (χ1) is 7.18. The van der Waals surface area contributed by atoms with Gasteiger partial charge in [-0.1, -0.05) is 18.2 Å². The van der Waals surface area contributed by atoms with Gasteiger partial charge in [0.2, 0.25) is 0 Å². The maximum atomic E-state index is 10.1. The number of thiophene rings is 1. The molecular formula is C12H13NOS. The molecule has 0 aliphatic rings. The van der Waals surface area contributed by atoms with Crippen molar-refractivity contribution < 1.29 is 5.11 Å². The molecule has 0 aliphatic carbocycles. The predicted octanol–water partition coefficient (Wildman–Crippen LogP) is 2.72. The molecule has 1 atom stereocenters. The molecule has 1 aromatic carbocycles. The zero-order chi connectivity index (χ0) is 10.8. The van der Waals surface area contributed by atoms with Gasteiger partial charge in [0.1, 0.15) is 6.10 Å². The Morgan fingerprint density at radius 3 is 2.67 bits per heavy atom. The van der Waals surface area contributed by atoms with E-state index in [0.717, 1.165) is 11.1 Å². The summed E-state index contributed by atoms with van der Waals surface area (Å²) in [4.78, 5) is 1.19. The summed E-state index contributed by atoms with van der Waals surface area (Å²) in [6.07, 6.45) is -0.615. The van der Waals surface area contributed by atoms with Crippen molar-refractivity contribution in [3.63, 3.8) is 0 Å². The Bertz CT molecular complexity index is 464. The van der Waals surface area contributed by atoms with Gasteiger partial charge in [-0.3, -0.25) is 0 Å². The first-order valence-electron chi connectivity index (χ1n) is 4.76. The third kappa shape index (κ3) is 2.03. The predicted molar refractivity (Wildman–Crippen MR) is 64.0 cm³/mol. The highest BCUT2D eigenvalue weighted by atomic mass is 32.1. The number of rotatable bonds is 2. The molecule has 15 heavy (non-hydrogen) atoms. The minimum atomic E-state index is -0.615. The van der Waals surface area contributed by atoms with Crippen molar-refractivity contribution in [3.8, 4) is 0 Å². The molecule has 0 saturated carbocycles. The maximum absolute atomic E-state index is 10.1. The zero-order valence-electron chi connectivity index (χ0n) is 8.47. The molecule has 78 valence electrons. The van der Waals surface area contributed by atoms with E-state index in [4.69, 9.17) is 5.73 Å². The number of para-hydroxylation sites is 1. The van der Waals surface area contributed by atoms with Gasteiger partial charge in [-0.15, -0.1) is 11.3 Å². The van der Waals surface area contributed by atoms with E-state index in [1.54, 1.807) is 17.4 Å². The molecule has 0 amide bonds. The van der Waals surface area contributed by atoms with Crippen molar-refractivity contribution in [2.45, 2.75) is 13.0 Å². The van der Waals surface area contributed by atoms with Gasteiger partial charge >= 0.3 is 0 Å². The Hall–Kier alpha value is -1.32. The van der Waals surface area contributed by atoms with Gasteiger partial charge in [0.05, 0.1) is 0 Å². The van der Waals surface area contributed by atoms with Gasteiger partial charge in [0, 0.05) is 16.1 Å². The fourth-order valence-electron chi connectivity index (χ4n) is 1.55. The van der Waals surface area contributed by atoms with Gasteiger partial charge in [0.25, 0.3) is 0 Å². The molecule has 0 radical (unpaired) electrons. The lowest BCUT2D eigenvalue weighted by molar-refractivity contribution is 0.221. The molecule has 0 saturated heterocycles. The van der Waals surface area contributed by atoms with E-state index in [1.165, 1.54) is 4.88 Å². The second kappa shape index (κ2) is 4.04. The molecule has 3 heteroatoms. The van der Waals surface area contributed by atoms with Crippen LogP contribution in [0.5, 0.6) is 0 Å². The second-order valence-electron chi connectivity index (χ2n) is 3.52. The normalized spacial score (nSPS) is 12.7. The van der Waals surface area contributed by atoms with Crippen LogP contribution in [0.25, 0.3) is 0 Å². The number of aliphatic hydroxyl groups excluding tert-OH is 1. The highest BCUT2D eigenvalue weighted by Crippen LogP contribution is 2.29. The fourth-order valence-corrected chi connectivity index (χ4v) is 2.27. The van der Waals surface area contributed by atoms with E-state index in [2.05, 4.69) is 0 Å². The topological polar surface area (TPSA) is 46.2 Å². The Kier molecular flexibility index (Phi) is 2.75. The van der Waals surface area contributed by atoms with Gasteiger partial charge < -0.3 is 10.8 Å². The number of anilines is 1. The average Bonchev–Trinajstić information content (AvgIpc) is 2.65. The number of aryl methyl sites for hydroxylation is 1. The molecule has 0 fully saturated rings. The minimum absolute atomic E-state index is 0.615. The Balaban J connectivity index is 2.36. The van der Waals surface area contributed by atoms with Crippen LogP contribution in [0.1, 0.15) is 22.1 Å². The SMILES string of the molecule is Cc1cc(C(O)c2ccccc2N)cs1. The minimum Gasteiger partial charge on any atom is -0.398 e. The monoisotopic (exact) mass is 219 g/mol. The van der Waals surface area contributed by atoms with Crippen molar-refractivity contribution in [2.75, 3.05) is 5.73 Å². The summed E-state index contributed by atoms with van der Waals surface area (Å²) in [5.41, 5.74) is 8.13. The maximum Gasteiger partial charge on any atom is 0.107 e. The summed E-state index contributed by atoms with van der Waals surface area (Å²) in [6, 6.07) is 9.39. The lowest BCUT2D eigenvalue weighted by Gasteiger charge is -2.11. The van der Waals surface area contributed by atoms with Crippen molar-refractivity contribution in [2.24, 2.45) is 0 Å². The van der Waals surface area contributed by atoms with E-state index in [0.29, 0.717) is 5.69 Å².